The Bertz CT molecular complexity index is 1200. The van der Waals surface area contributed by atoms with Gasteiger partial charge in [0, 0.05) is 29.9 Å². The van der Waals surface area contributed by atoms with E-state index in [1.807, 2.05) is 23.6 Å². The van der Waals surface area contributed by atoms with Gasteiger partial charge in [0.2, 0.25) is 5.91 Å². The number of methoxy groups -OCH3 is 1. The molecule has 3 aromatic rings. The summed E-state index contributed by atoms with van der Waals surface area (Å²) in [6.07, 6.45) is 0.691. The summed E-state index contributed by atoms with van der Waals surface area (Å²) >= 11 is 13.6. The molecule has 0 saturated heterocycles. The van der Waals surface area contributed by atoms with Crippen LogP contribution < -0.4 is 20.1 Å². The molecule has 166 valence electrons. The number of hydrogen-bond donors (Lipinski definition) is 2. The number of aromatic nitrogens is 1. The van der Waals surface area contributed by atoms with Gasteiger partial charge in [-0.25, -0.2) is 4.98 Å². The Hall–Kier alpha value is -2.81. The van der Waals surface area contributed by atoms with Gasteiger partial charge in [-0.3, -0.25) is 14.9 Å². The molecule has 1 atom stereocenters. The number of fused-ring (bicyclic) bond motifs is 1. The van der Waals surface area contributed by atoms with Gasteiger partial charge < -0.3 is 14.8 Å². The van der Waals surface area contributed by atoms with Crippen molar-refractivity contribution in [2.45, 2.75) is 19.4 Å². The van der Waals surface area contributed by atoms with Gasteiger partial charge in [-0.15, -0.1) is 11.3 Å². The van der Waals surface area contributed by atoms with E-state index in [1.54, 1.807) is 6.07 Å². The van der Waals surface area contributed by atoms with Gasteiger partial charge in [-0.2, -0.15) is 0 Å². The molecule has 0 spiro atoms. The molecule has 2 amide bonds. The Labute approximate surface area is 198 Å². The predicted octanol–water partition coefficient (Wildman–Crippen LogP) is 5.34. The minimum absolute atomic E-state index is 0.0954. The second-order valence-corrected chi connectivity index (χ2v) is 8.74. The molecule has 10 heteroatoms. The summed E-state index contributed by atoms with van der Waals surface area (Å²) in [5.74, 6) is 0.374. The molecule has 4 rings (SSSR count). The monoisotopic (exact) mass is 491 g/mol. The van der Waals surface area contributed by atoms with Crippen LogP contribution in [0.25, 0.3) is 11.3 Å². The lowest BCUT2D eigenvalue weighted by atomic mass is 9.97. The maximum atomic E-state index is 12.8. The zero-order chi connectivity index (χ0) is 22.8. The Kier molecular flexibility index (Phi) is 6.55. The van der Waals surface area contributed by atoms with Crippen molar-refractivity contribution in [3.05, 3.63) is 56.9 Å². The van der Waals surface area contributed by atoms with Crippen molar-refractivity contribution in [1.29, 1.82) is 0 Å². The van der Waals surface area contributed by atoms with Crippen molar-refractivity contribution < 1.29 is 19.1 Å². The average molecular weight is 492 g/mol. The summed E-state index contributed by atoms with van der Waals surface area (Å²) < 4.78 is 11.0. The number of hydrogen-bond acceptors (Lipinski definition) is 6. The van der Waals surface area contributed by atoms with Crippen LogP contribution >= 0.6 is 34.5 Å². The van der Waals surface area contributed by atoms with Gasteiger partial charge in [0.25, 0.3) is 5.91 Å². The van der Waals surface area contributed by atoms with E-state index in [-0.39, 0.29) is 33.3 Å². The standard InChI is InChI=1S/C22H19Cl2N3O4S/c1-11(28)25-16-7-8-31-18-6-3-12(9-13(16)18)17-10-32-22(26-17)27-21(29)19-14(23)4-5-15(24)20(19)30-2/h3-6,9-10,16H,7-8H2,1-2H3,(H,25,28)(H,26,27,29). The summed E-state index contributed by atoms with van der Waals surface area (Å²) in [5.41, 5.74) is 2.57. The van der Waals surface area contributed by atoms with E-state index in [0.717, 1.165) is 16.9 Å². The molecule has 2 N–H and O–H groups in total. The first-order valence-electron chi connectivity index (χ1n) is 9.70. The van der Waals surface area contributed by atoms with Crippen molar-refractivity contribution in [3.63, 3.8) is 0 Å². The van der Waals surface area contributed by atoms with E-state index in [1.165, 1.54) is 31.4 Å². The lowest BCUT2D eigenvalue weighted by Crippen LogP contribution is -2.30. The highest BCUT2D eigenvalue weighted by Gasteiger charge is 2.24. The molecule has 7 nitrogen and oxygen atoms in total. The van der Waals surface area contributed by atoms with Crippen LogP contribution in [0.1, 0.15) is 35.3 Å². The number of anilines is 1. The van der Waals surface area contributed by atoms with Crippen molar-refractivity contribution >= 4 is 51.5 Å². The molecular weight excluding hydrogens is 473 g/mol. The fourth-order valence-electron chi connectivity index (χ4n) is 3.52. The topological polar surface area (TPSA) is 89.5 Å². The lowest BCUT2D eigenvalue weighted by Gasteiger charge is -2.26. The van der Waals surface area contributed by atoms with E-state index in [2.05, 4.69) is 15.6 Å². The molecule has 0 bridgehead atoms. The molecule has 0 radical (unpaired) electrons. The third-order valence-corrected chi connectivity index (χ3v) is 6.31. The van der Waals surface area contributed by atoms with Gasteiger partial charge in [-0.05, 0) is 30.3 Å². The lowest BCUT2D eigenvalue weighted by molar-refractivity contribution is -0.119. The highest BCUT2D eigenvalue weighted by Crippen LogP contribution is 2.37. The van der Waals surface area contributed by atoms with Crippen LogP contribution in [0.15, 0.2) is 35.7 Å². The number of nitrogens with one attached hydrogen (secondary N) is 2. The molecule has 1 aromatic heterocycles. The molecule has 1 aliphatic rings. The number of nitrogens with zero attached hydrogens (tertiary/aromatic N) is 1. The van der Waals surface area contributed by atoms with Gasteiger partial charge in [0.1, 0.15) is 11.3 Å². The third-order valence-electron chi connectivity index (χ3n) is 4.94. The summed E-state index contributed by atoms with van der Waals surface area (Å²) in [5, 5.41) is 8.45. The number of rotatable bonds is 5. The van der Waals surface area contributed by atoms with Crippen molar-refractivity contribution in [1.82, 2.24) is 10.3 Å². The SMILES string of the molecule is COc1c(Cl)ccc(Cl)c1C(=O)Nc1nc(-c2ccc3c(c2)C(NC(C)=O)CCO3)cs1. The summed E-state index contributed by atoms with van der Waals surface area (Å²) in [6.45, 7) is 2.04. The van der Waals surface area contributed by atoms with E-state index in [4.69, 9.17) is 32.7 Å². The van der Waals surface area contributed by atoms with Crippen molar-refractivity contribution in [2.24, 2.45) is 0 Å². The minimum atomic E-state index is -0.472. The summed E-state index contributed by atoms with van der Waals surface area (Å²) in [6, 6.07) is 8.70. The number of amides is 2. The van der Waals surface area contributed by atoms with Crippen molar-refractivity contribution in [2.75, 3.05) is 19.0 Å². The van der Waals surface area contributed by atoms with Crippen LogP contribution in [0.2, 0.25) is 10.0 Å². The minimum Gasteiger partial charge on any atom is -0.494 e. The van der Waals surface area contributed by atoms with E-state index < -0.39 is 5.91 Å². The average Bonchev–Trinajstić information content (AvgIpc) is 3.23. The number of halogens is 2. The highest BCUT2D eigenvalue weighted by atomic mass is 35.5. The van der Waals surface area contributed by atoms with Gasteiger partial charge in [0.15, 0.2) is 10.9 Å². The van der Waals surface area contributed by atoms with Crippen LogP contribution in [0.4, 0.5) is 5.13 Å². The maximum absolute atomic E-state index is 12.8. The Balaban J connectivity index is 1.58. The normalized spacial score (nSPS) is 14.8. The molecule has 0 fully saturated rings. The van der Waals surface area contributed by atoms with Gasteiger partial charge >= 0.3 is 0 Å². The van der Waals surface area contributed by atoms with Crippen LogP contribution in [-0.2, 0) is 4.79 Å². The second kappa shape index (κ2) is 9.36. The first kappa shape index (κ1) is 22.4. The van der Waals surface area contributed by atoms with Crippen LogP contribution in [-0.4, -0.2) is 30.5 Å². The maximum Gasteiger partial charge on any atom is 0.262 e. The number of thiazole rings is 1. The fraction of sp³-hybridized carbons (Fsp3) is 0.227. The van der Waals surface area contributed by atoms with Gasteiger partial charge in [0.05, 0.1) is 35.5 Å². The second-order valence-electron chi connectivity index (χ2n) is 7.07. The molecule has 32 heavy (non-hydrogen) atoms. The quantitative estimate of drug-likeness (QED) is 0.502. The molecule has 1 unspecified atom stereocenters. The van der Waals surface area contributed by atoms with Crippen molar-refractivity contribution in [3.8, 4) is 22.8 Å². The van der Waals surface area contributed by atoms with E-state index in [9.17, 15) is 9.59 Å². The third kappa shape index (κ3) is 4.53. The van der Waals surface area contributed by atoms with Crippen LogP contribution in [0, 0.1) is 0 Å². The molecule has 1 aliphatic heterocycles. The Morgan fingerprint density at radius 2 is 2.00 bits per heavy atom. The predicted molar refractivity (Wildman–Crippen MR) is 125 cm³/mol. The summed E-state index contributed by atoms with van der Waals surface area (Å²) in [7, 11) is 1.42. The zero-order valence-corrected chi connectivity index (χ0v) is 19.5. The Morgan fingerprint density at radius 1 is 1.22 bits per heavy atom. The first-order chi connectivity index (χ1) is 15.4. The first-order valence-corrected chi connectivity index (χ1v) is 11.3. The molecule has 2 aromatic carbocycles. The number of carbonyl (C=O) groups is 2. The fourth-order valence-corrected chi connectivity index (χ4v) is 4.70. The number of benzene rings is 2. The molecule has 0 saturated carbocycles. The Morgan fingerprint density at radius 3 is 2.75 bits per heavy atom. The molecule has 0 aliphatic carbocycles. The van der Waals surface area contributed by atoms with Crippen LogP contribution in [0.5, 0.6) is 11.5 Å². The highest BCUT2D eigenvalue weighted by molar-refractivity contribution is 7.14. The zero-order valence-electron chi connectivity index (χ0n) is 17.2. The number of ether oxygens (including phenoxy) is 2. The molecular formula is C22H19Cl2N3O4S. The largest absolute Gasteiger partial charge is 0.494 e. The molecule has 2 heterocycles. The number of carbonyl (C=O) groups excluding carboxylic acids is 2. The van der Waals surface area contributed by atoms with E-state index in [0.29, 0.717) is 23.9 Å². The van der Waals surface area contributed by atoms with Crippen LogP contribution in [0.3, 0.4) is 0 Å². The van der Waals surface area contributed by atoms with Gasteiger partial charge in [-0.1, -0.05) is 23.2 Å². The summed E-state index contributed by atoms with van der Waals surface area (Å²) in [4.78, 5) is 28.9. The van der Waals surface area contributed by atoms with E-state index >= 15 is 0 Å². The smallest absolute Gasteiger partial charge is 0.262 e.